The third kappa shape index (κ3) is 4.87. The summed E-state index contributed by atoms with van der Waals surface area (Å²) in [5.74, 6) is -1.000. The molecule has 40 heavy (non-hydrogen) atoms. The fourth-order valence-corrected chi connectivity index (χ4v) is 6.50. The number of rotatable bonds is 8. The Kier molecular flexibility index (Phi) is 7.32. The topological polar surface area (TPSA) is 89.0 Å². The Morgan fingerprint density at radius 2 is 1.80 bits per heavy atom. The zero-order chi connectivity index (χ0) is 27.6. The van der Waals surface area contributed by atoms with E-state index in [2.05, 4.69) is 11.1 Å². The van der Waals surface area contributed by atoms with Gasteiger partial charge in [-0.1, -0.05) is 36.4 Å². The van der Waals surface area contributed by atoms with E-state index in [1.165, 1.54) is 4.90 Å². The quantitative estimate of drug-likeness (QED) is 0.312. The van der Waals surface area contributed by atoms with Crippen LogP contribution in [-0.2, 0) is 19.1 Å². The lowest BCUT2D eigenvalue weighted by Crippen LogP contribution is -2.35. The lowest BCUT2D eigenvalue weighted by atomic mass is 9.69. The highest BCUT2D eigenvalue weighted by atomic mass is 16.5. The molecule has 0 unspecified atom stereocenters. The van der Waals surface area contributed by atoms with Crippen molar-refractivity contribution < 1.29 is 24.2 Å². The molecule has 3 aromatic rings. The van der Waals surface area contributed by atoms with E-state index in [0.717, 1.165) is 28.0 Å². The molecular weight excluding hydrogens is 504 g/mol. The van der Waals surface area contributed by atoms with Gasteiger partial charge in [0.15, 0.2) is 0 Å². The number of phenols is 1. The van der Waals surface area contributed by atoms with Crippen LogP contribution in [0.5, 0.6) is 5.75 Å². The van der Waals surface area contributed by atoms with Crippen molar-refractivity contribution in [2.45, 2.75) is 25.4 Å². The van der Waals surface area contributed by atoms with Gasteiger partial charge in [0.25, 0.3) is 0 Å². The number of hydrogen-bond acceptors (Lipinski definition) is 6. The summed E-state index contributed by atoms with van der Waals surface area (Å²) in [5, 5.41) is 9.70. The van der Waals surface area contributed by atoms with Crippen molar-refractivity contribution in [1.82, 2.24) is 4.98 Å². The standard InChI is InChI=1S/C33H32N2O5/c1-39-19-23-18-26-31(33(38)35(32(26)37)24-7-3-2-4-8-24)27-20-40-29(30(23)27)15-12-22(28-9-5-6-16-34-28)17-21-10-13-25(36)14-11-21/h2-11,13-14,16-17,26-27,29,31,36H,12,15,18-20H2,1H3/b22-17-/t26-,27+,29-,31-/m1/s1. The van der Waals surface area contributed by atoms with E-state index in [9.17, 15) is 14.7 Å². The summed E-state index contributed by atoms with van der Waals surface area (Å²) in [6.45, 7) is 0.828. The number of fused-ring (bicyclic) bond motifs is 3. The number of amides is 2. The first-order valence-corrected chi connectivity index (χ1v) is 13.7. The predicted octanol–water partition coefficient (Wildman–Crippen LogP) is 5.28. The van der Waals surface area contributed by atoms with Crippen LogP contribution in [0.15, 0.2) is 90.1 Å². The molecule has 204 valence electrons. The number of methoxy groups -OCH3 is 1. The van der Waals surface area contributed by atoms with Crippen LogP contribution in [0, 0.1) is 17.8 Å². The summed E-state index contributed by atoms with van der Waals surface area (Å²) in [4.78, 5) is 33.2. The van der Waals surface area contributed by atoms with Crippen LogP contribution in [0.3, 0.4) is 0 Å². The maximum absolute atomic E-state index is 13.7. The summed E-state index contributed by atoms with van der Waals surface area (Å²) in [6.07, 6.45) is 5.62. The highest BCUT2D eigenvalue weighted by Gasteiger charge is 2.57. The Balaban J connectivity index is 1.28. The maximum Gasteiger partial charge on any atom is 0.238 e. The van der Waals surface area contributed by atoms with Gasteiger partial charge >= 0.3 is 0 Å². The van der Waals surface area contributed by atoms with E-state index in [-0.39, 0.29) is 29.6 Å². The monoisotopic (exact) mass is 536 g/mol. The number of imide groups is 1. The number of allylic oxidation sites excluding steroid dienone is 1. The van der Waals surface area contributed by atoms with Gasteiger partial charge in [-0.15, -0.1) is 0 Å². The lowest BCUT2D eigenvalue weighted by Gasteiger charge is -2.31. The van der Waals surface area contributed by atoms with E-state index in [1.54, 1.807) is 25.4 Å². The zero-order valence-corrected chi connectivity index (χ0v) is 22.4. The van der Waals surface area contributed by atoms with Crippen LogP contribution in [-0.4, -0.2) is 48.3 Å². The second kappa shape index (κ2) is 11.2. The van der Waals surface area contributed by atoms with E-state index in [0.29, 0.717) is 38.2 Å². The minimum Gasteiger partial charge on any atom is -0.508 e. The minimum absolute atomic E-state index is 0.133. The first-order chi connectivity index (χ1) is 19.5. The number of carbonyl (C=O) groups excluding carboxylic acids is 2. The number of nitrogens with zero attached hydrogens (tertiary/aromatic N) is 2. The molecule has 7 heteroatoms. The van der Waals surface area contributed by atoms with Gasteiger partial charge in [-0.25, -0.2) is 0 Å². The average molecular weight is 537 g/mol. The normalized spacial score (nSPS) is 24.4. The second-order valence-electron chi connectivity index (χ2n) is 10.6. The molecule has 0 spiro atoms. The number of carbonyl (C=O) groups is 2. The molecule has 1 aliphatic carbocycles. The maximum atomic E-state index is 13.7. The molecule has 6 rings (SSSR count). The van der Waals surface area contributed by atoms with E-state index in [1.807, 2.05) is 60.7 Å². The Morgan fingerprint density at radius 3 is 2.52 bits per heavy atom. The molecule has 1 N–H and O–H groups in total. The summed E-state index contributed by atoms with van der Waals surface area (Å²) in [5.41, 5.74) is 5.74. The van der Waals surface area contributed by atoms with Gasteiger partial charge in [0.1, 0.15) is 5.75 Å². The molecule has 4 atom stereocenters. The largest absolute Gasteiger partial charge is 0.508 e. The van der Waals surface area contributed by atoms with Gasteiger partial charge < -0.3 is 14.6 Å². The van der Waals surface area contributed by atoms with Crippen LogP contribution in [0.2, 0.25) is 0 Å². The first-order valence-electron chi connectivity index (χ1n) is 13.7. The molecule has 3 aliphatic rings. The van der Waals surface area contributed by atoms with Crippen molar-refractivity contribution in [3.63, 3.8) is 0 Å². The predicted molar refractivity (Wildman–Crippen MR) is 152 cm³/mol. The number of aromatic hydroxyl groups is 1. The number of pyridine rings is 1. The van der Waals surface area contributed by atoms with E-state index in [4.69, 9.17) is 9.47 Å². The van der Waals surface area contributed by atoms with Gasteiger partial charge in [-0.2, -0.15) is 0 Å². The number of para-hydroxylation sites is 1. The Morgan fingerprint density at radius 1 is 1.02 bits per heavy atom. The molecule has 2 aromatic carbocycles. The Bertz CT molecular complexity index is 1450. The van der Waals surface area contributed by atoms with Crippen molar-refractivity contribution in [3.05, 3.63) is 101 Å². The summed E-state index contributed by atoms with van der Waals surface area (Å²) < 4.78 is 12.0. The van der Waals surface area contributed by atoms with Crippen molar-refractivity contribution in [2.24, 2.45) is 17.8 Å². The van der Waals surface area contributed by atoms with Crippen LogP contribution < -0.4 is 4.90 Å². The molecule has 2 aliphatic heterocycles. The van der Waals surface area contributed by atoms with Crippen molar-refractivity contribution in [1.29, 1.82) is 0 Å². The fourth-order valence-electron chi connectivity index (χ4n) is 6.50. The van der Waals surface area contributed by atoms with Crippen LogP contribution in [0.25, 0.3) is 11.6 Å². The smallest absolute Gasteiger partial charge is 0.238 e. The molecule has 2 saturated heterocycles. The molecule has 7 nitrogen and oxygen atoms in total. The van der Waals surface area contributed by atoms with Crippen LogP contribution in [0.4, 0.5) is 5.69 Å². The zero-order valence-electron chi connectivity index (χ0n) is 22.4. The van der Waals surface area contributed by atoms with Gasteiger partial charge in [0, 0.05) is 19.2 Å². The number of anilines is 1. The molecule has 0 saturated carbocycles. The highest BCUT2D eigenvalue weighted by Crippen LogP contribution is 2.50. The molecule has 2 fully saturated rings. The minimum atomic E-state index is -0.420. The van der Waals surface area contributed by atoms with E-state index >= 15 is 0 Å². The highest BCUT2D eigenvalue weighted by molar-refractivity contribution is 6.22. The number of hydrogen-bond donors (Lipinski definition) is 1. The summed E-state index contributed by atoms with van der Waals surface area (Å²) in [6, 6.07) is 22.1. The Hall–Kier alpha value is -4.07. The van der Waals surface area contributed by atoms with Gasteiger partial charge in [-0.3, -0.25) is 19.5 Å². The fraction of sp³-hybridized carbons (Fsp3) is 0.303. The third-order valence-electron chi connectivity index (χ3n) is 8.24. The van der Waals surface area contributed by atoms with Gasteiger partial charge in [0.05, 0.1) is 42.5 Å². The van der Waals surface area contributed by atoms with Crippen LogP contribution >= 0.6 is 0 Å². The number of aromatic nitrogens is 1. The average Bonchev–Trinajstić information content (AvgIpc) is 3.51. The van der Waals surface area contributed by atoms with E-state index < -0.39 is 11.8 Å². The molecule has 0 radical (unpaired) electrons. The molecule has 3 heterocycles. The third-order valence-corrected chi connectivity index (χ3v) is 8.24. The Labute approximate surface area is 233 Å². The van der Waals surface area contributed by atoms with Crippen molar-refractivity contribution >= 4 is 29.2 Å². The van der Waals surface area contributed by atoms with Crippen LogP contribution in [0.1, 0.15) is 30.5 Å². The number of benzene rings is 2. The summed E-state index contributed by atoms with van der Waals surface area (Å²) in [7, 11) is 1.66. The molecule has 2 amide bonds. The number of phenolic OH excluding ortho intramolecular Hbond substituents is 1. The van der Waals surface area contributed by atoms with Crippen molar-refractivity contribution in [2.75, 3.05) is 25.2 Å². The first kappa shape index (κ1) is 26.2. The summed E-state index contributed by atoms with van der Waals surface area (Å²) >= 11 is 0. The number of ether oxygens (including phenoxy) is 2. The molecule has 1 aromatic heterocycles. The SMILES string of the molecule is COCC1=C2[C@@H](CC/C(=C/c3ccc(O)cc3)c3ccccn3)OC[C@@H]2[C@@H]2C(=O)N(c3ccccc3)C(=O)[C@@H]2C1. The second-order valence-corrected chi connectivity index (χ2v) is 10.6. The lowest BCUT2D eigenvalue weighted by molar-refractivity contribution is -0.122. The molecular formula is C33H32N2O5. The van der Waals surface area contributed by atoms with Crippen molar-refractivity contribution in [3.8, 4) is 5.75 Å². The van der Waals surface area contributed by atoms with Gasteiger partial charge in [0.2, 0.25) is 11.8 Å². The van der Waals surface area contributed by atoms with Gasteiger partial charge in [-0.05, 0) is 84.0 Å². The molecule has 0 bridgehead atoms.